The molecule has 6 heteroatoms. The maximum Gasteiger partial charge on any atom is 0.292 e. The summed E-state index contributed by atoms with van der Waals surface area (Å²) in [6.07, 6.45) is 0. The highest BCUT2D eigenvalue weighted by Crippen LogP contribution is 2.29. The van der Waals surface area contributed by atoms with E-state index >= 15 is 0 Å². The van der Waals surface area contributed by atoms with Gasteiger partial charge in [0, 0.05) is 9.64 Å². The average Bonchev–Trinajstić information content (AvgIpc) is 2.02. The second-order valence-corrected chi connectivity index (χ2v) is 3.83. The van der Waals surface area contributed by atoms with Gasteiger partial charge >= 0.3 is 0 Å². The van der Waals surface area contributed by atoms with E-state index in [4.69, 9.17) is 5.73 Å². The molecule has 0 atom stereocenters. The summed E-state index contributed by atoms with van der Waals surface area (Å²) in [5.41, 5.74) is 5.45. The van der Waals surface area contributed by atoms with Crippen LogP contribution in [0.5, 0.6) is 0 Å². The number of carbonyl (C=O) groups is 1. The van der Waals surface area contributed by atoms with Gasteiger partial charge < -0.3 is 5.73 Å². The molecule has 0 fully saturated rings. The zero-order valence-electron chi connectivity index (χ0n) is 7.28. The van der Waals surface area contributed by atoms with Gasteiger partial charge in [-0.05, 0) is 35.6 Å². The molecule has 0 unspecified atom stereocenters. The molecule has 0 bridgehead atoms. The fraction of sp³-hybridized carbons (Fsp3) is 0.125. The van der Waals surface area contributed by atoms with Crippen LogP contribution in [-0.4, -0.2) is 10.7 Å². The lowest BCUT2D eigenvalue weighted by Crippen LogP contribution is -2.05. The quantitative estimate of drug-likeness (QED) is 0.298. The van der Waals surface area contributed by atoms with Gasteiger partial charge in [0.25, 0.3) is 5.69 Å². The first kappa shape index (κ1) is 10.9. The van der Waals surface area contributed by atoms with Crippen molar-refractivity contribution in [2.24, 2.45) is 0 Å². The Labute approximate surface area is 93.6 Å². The Morgan fingerprint density at radius 2 is 2.14 bits per heavy atom. The lowest BCUT2D eigenvalue weighted by atomic mass is 10.1. The van der Waals surface area contributed by atoms with Crippen LogP contribution in [0.15, 0.2) is 12.1 Å². The Hall–Kier alpha value is -1.18. The van der Waals surface area contributed by atoms with E-state index < -0.39 is 4.92 Å². The maximum atomic E-state index is 11.2. The second kappa shape index (κ2) is 3.91. The van der Waals surface area contributed by atoms with Crippen molar-refractivity contribution in [3.8, 4) is 0 Å². The van der Waals surface area contributed by atoms with Gasteiger partial charge in [-0.1, -0.05) is 0 Å². The number of rotatable bonds is 2. The van der Waals surface area contributed by atoms with E-state index in [9.17, 15) is 14.9 Å². The predicted molar refractivity (Wildman–Crippen MR) is 60.2 cm³/mol. The lowest BCUT2D eigenvalue weighted by molar-refractivity contribution is -0.383. The van der Waals surface area contributed by atoms with Crippen molar-refractivity contribution in [1.82, 2.24) is 0 Å². The van der Waals surface area contributed by atoms with Crippen molar-refractivity contribution in [2.75, 3.05) is 5.73 Å². The molecule has 0 amide bonds. The number of nitrogens with zero attached hydrogens (tertiary/aromatic N) is 1. The molecule has 0 aromatic heterocycles. The van der Waals surface area contributed by atoms with Gasteiger partial charge in [0.05, 0.1) is 10.5 Å². The highest BCUT2D eigenvalue weighted by molar-refractivity contribution is 14.1. The summed E-state index contributed by atoms with van der Waals surface area (Å²) in [5, 5.41) is 10.5. The molecule has 74 valence electrons. The van der Waals surface area contributed by atoms with Gasteiger partial charge in [-0.3, -0.25) is 14.9 Å². The molecule has 0 saturated heterocycles. The van der Waals surface area contributed by atoms with E-state index in [0.29, 0.717) is 3.57 Å². The summed E-state index contributed by atoms with van der Waals surface area (Å²) in [7, 11) is 0. The van der Waals surface area contributed by atoms with Crippen LogP contribution in [0.25, 0.3) is 0 Å². The van der Waals surface area contributed by atoms with Crippen LogP contribution in [0.3, 0.4) is 0 Å². The largest absolute Gasteiger partial charge is 0.393 e. The highest BCUT2D eigenvalue weighted by Gasteiger charge is 2.19. The van der Waals surface area contributed by atoms with E-state index in [2.05, 4.69) is 0 Å². The van der Waals surface area contributed by atoms with Crippen molar-refractivity contribution in [3.63, 3.8) is 0 Å². The molecule has 0 heterocycles. The highest BCUT2D eigenvalue weighted by atomic mass is 127. The van der Waals surface area contributed by atoms with E-state index in [0.717, 1.165) is 0 Å². The Morgan fingerprint density at radius 3 is 2.57 bits per heavy atom. The molecule has 0 aliphatic rings. The fourth-order valence-electron chi connectivity index (χ4n) is 1.10. The third-order valence-electron chi connectivity index (χ3n) is 1.72. The van der Waals surface area contributed by atoms with Crippen molar-refractivity contribution in [3.05, 3.63) is 31.4 Å². The number of halogens is 1. The SMILES string of the molecule is CC(=O)c1c(I)ccc([N+](=O)[O-])c1N. The normalized spacial score (nSPS) is 9.86. The summed E-state index contributed by atoms with van der Waals surface area (Å²) < 4.78 is 0.623. The first-order valence-electron chi connectivity index (χ1n) is 3.68. The maximum absolute atomic E-state index is 11.2. The van der Waals surface area contributed by atoms with Crippen LogP contribution >= 0.6 is 22.6 Å². The molecule has 14 heavy (non-hydrogen) atoms. The van der Waals surface area contributed by atoms with Crippen LogP contribution in [-0.2, 0) is 0 Å². The first-order chi connectivity index (χ1) is 6.45. The second-order valence-electron chi connectivity index (χ2n) is 2.67. The number of Topliss-reactive ketones (excluding diaryl/α,β-unsaturated/α-hetero) is 1. The van der Waals surface area contributed by atoms with Gasteiger partial charge in [-0.2, -0.15) is 0 Å². The smallest absolute Gasteiger partial charge is 0.292 e. The minimum Gasteiger partial charge on any atom is -0.393 e. The third-order valence-corrected chi connectivity index (χ3v) is 2.62. The molecule has 0 radical (unpaired) electrons. The monoisotopic (exact) mass is 306 g/mol. The standard InChI is InChI=1S/C8H7IN2O3/c1-4(12)7-5(9)2-3-6(8(7)10)11(13)14/h2-3H,10H2,1H3. The van der Waals surface area contributed by atoms with Gasteiger partial charge in [0.1, 0.15) is 5.69 Å². The van der Waals surface area contributed by atoms with Crippen LogP contribution in [0, 0.1) is 13.7 Å². The van der Waals surface area contributed by atoms with Crippen LogP contribution in [0.1, 0.15) is 17.3 Å². The molecule has 1 aromatic carbocycles. The number of ketones is 1. The van der Waals surface area contributed by atoms with Crippen LogP contribution in [0.4, 0.5) is 11.4 Å². The van der Waals surface area contributed by atoms with Gasteiger partial charge in [0.15, 0.2) is 5.78 Å². The Morgan fingerprint density at radius 1 is 1.57 bits per heavy atom. The number of hydrogen-bond donors (Lipinski definition) is 1. The number of nitro benzene ring substituents is 1. The summed E-state index contributed by atoms with van der Waals surface area (Å²) in [6.45, 7) is 1.33. The van der Waals surface area contributed by atoms with E-state index in [1.165, 1.54) is 19.1 Å². The molecule has 1 rings (SSSR count). The van der Waals surface area contributed by atoms with Crippen LogP contribution in [0.2, 0.25) is 0 Å². The third kappa shape index (κ3) is 1.84. The predicted octanol–water partition coefficient (Wildman–Crippen LogP) is 1.98. The van der Waals surface area contributed by atoms with E-state index in [1.807, 2.05) is 22.6 Å². The minimum atomic E-state index is -0.599. The topological polar surface area (TPSA) is 86.2 Å². The minimum absolute atomic E-state index is 0.0607. The number of nitro groups is 1. The number of carbonyl (C=O) groups excluding carboxylic acids is 1. The average molecular weight is 306 g/mol. The summed E-state index contributed by atoms with van der Waals surface area (Å²) in [4.78, 5) is 21.1. The van der Waals surface area contributed by atoms with Gasteiger partial charge in [-0.25, -0.2) is 0 Å². The molecule has 0 saturated carbocycles. The number of hydrogen-bond acceptors (Lipinski definition) is 4. The Bertz CT molecular complexity index is 417. The molecule has 5 nitrogen and oxygen atoms in total. The van der Waals surface area contributed by atoms with Crippen molar-refractivity contribution in [1.29, 1.82) is 0 Å². The zero-order valence-corrected chi connectivity index (χ0v) is 9.44. The fourth-order valence-corrected chi connectivity index (χ4v) is 1.95. The number of nitrogen functional groups attached to an aromatic ring is 1. The van der Waals surface area contributed by atoms with Crippen molar-refractivity contribution < 1.29 is 9.72 Å². The number of anilines is 1. The van der Waals surface area contributed by atoms with Gasteiger partial charge in [0.2, 0.25) is 0 Å². The Balaban J connectivity index is 3.49. The van der Waals surface area contributed by atoms with E-state index in [1.54, 1.807) is 0 Å². The lowest BCUT2D eigenvalue weighted by Gasteiger charge is -2.04. The summed E-state index contributed by atoms with van der Waals surface area (Å²) in [5.74, 6) is -0.268. The molecular formula is C8H7IN2O3. The van der Waals surface area contributed by atoms with Crippen molar-refractivity contribution in [2.45, 2.75) is 6.92 Å². The molecule has 0 aliphatic heterocycles. The number of benzene rings is 1. The summed E-state index contributed by atoms with van der Waals surface area (Å²) in [6, 6.07) is 2.80. The number of nitrogens with two attached hydrogens (primary N) is 1. The van der Waals surface area contributed by atoms with Crippen molar-refractivity contribution >= 4 is 39.7 Å². The zero-order chi connectivity index (χ0) is 10.9. The Kier molecular flexibility index (Phi) is 3.04. The molecule has 1 aromatic rings. The van der Waals surface area contributed by atoms with Crippen LogP contribution < -0.4 is 5.73 Å². The van der Waals surface area contributed by atoms with E-state index in [-0.39, 0.29) is 22.7 Å². The molecule has 0 aliphatic carbocycles. The van der Waals surface area contributed by atoms with Gasteiger partial charge in [-0.15, -0.1) is 0 Å². The first-order valence-corrected chi connectivity index (χ1v) is 4.76. The molecule has 2 N–H and O–H groups in total. The summed E-state index contributed by atoms with van der Waals surface area (Å²) >= 11 is 1.92. The molecule has 0 spiro atoms. The molecular weight excluding hydrogens is 299 g/mol.